The molecule has 0 spiro atoms. The number of amides is 1. The molecule has 0 unspecified atom stereocenters. The van der Waals surface area contributed by atoms with Gasteiger partial charge in [-0.05, 0) is 36.4 Å². The molecule has 2 aromatic rings. The number of methoxy groups -OCH3 is 1. The van der Waals surface area contributed by atoms with E-state index in [1.165, 1.54) is 0 Å². The average molecular weight is 314 g/mol. The minimum atomic E-state index is -0.000210. The van der Waals surface area contributed by atoms with E-state index < -0.39 is 0 Å². The summed E-state index contributed by atoms with van der Waals surface area (Å²) in [6.45, 7) is 1.85. The standard InChI is InChI=1S/C18H22N2O3/c1-22-16-7-9-17(10-8-16)23-14-13-19-12-11-18(21)20-15-5-3-2-4-6-15/h2-10,19H,11-14H2,1H3,(H,20,21). The molecule has 2 aromatic carbocycles. The van der Waals surface area contributed by atoms with Crippen LogP contribution in [0, 0.1) is 0 Å². The summed E-state index contributed by atoms with van der Waals surface area (Å²) in [5, 5.41) is 6.03. The molecule has 0 aliphatic carbocycles. The van der Waals surface area contributed by atoms with Crippen LogP contribution in [-0.2, 0) is 4.79 Å². The highest BCUT2D eigenvalue weighted by atomic mass is 16.5. The number of hydrogen-bond acceptors (Lipinski definition) is 4. The summed E-state index contributed by atoms with van der Waals surface area (Å²) in [4.78, 5) is 11.7. The van der Waals surface area contributed by atoms with Gasteiger partial charge in [0.1, 0.15) is 18.1 Å². The van der Waals surface area contributed by atoms with Gasteiger partial charge in [0, 0.05) is 25.2 Å². The third-order valence-corrected chi connectivity index (χ3v) is 3.19. The smallest absolute Gasteiger partial charge is 0.225 e. The third-order valence-electron chi connectivity index (χ3n) is 3.19. The van der Waals surface area contributed by atoms with Gasteiger partial charge in [0.2, 0.25) is 5.91 Å². The van der Waals surface area contributed by atoms with Crippen LogP contribution < -0.4 is 20.1 Å². The van der Waals surface area contributed by atoms with Crippen molar-refractivity contribution in [2.24, 2.45) is 0 Å². The molecule has 0 radical (unpaired) electrons. The van der Waals surface area contributed by atoms with E-state index in [1.54, 1.807) is 7.11 Å². The highest BCUT2D eigenvalue weighted by Gasteiger charge is 2.01. The second-order valence-electron chi connectivity index (χ2n) is 4.94. The van der Waals surface area contributed by atoms with Crippen molar-refractivity contribution in [1.29, 1.82) is 0 Å². The molecule has 2 rings (SSSR count). The lowest BCUT2D eigenvalue weighted by atomic mass is 10.3. The van der Waals surface area contributed by atoms with E-state index in [0.717, 1.165) is 17.2 Å². The van der Waals surface area contributed by atoms with Gasteiger partial charge in [0.15, 0.2) is 0 Å². The maximum absolute atomic E-state index is 11.7. The lowest BCUT2D eigenvalue weighted by molar-refractivity contribution is -0.116. The number of anilines is 1. The molecule has 0 fully saturated rings. The Morgan fingerprint density at radius 3 is 2.35 bits per heavy atom. The summed E-state index contributed by atoms with van der Waals surface area (Å²) in [5.74, 6) is 1.61. The molecule has 0 bridgehead atoms. The Hall–Kier alpha value is -2.53. The molecule has 2 N–H and O–H groups in total. The van der Waals surface area contributed by atoms with Crippen LogP contribution in [0.25, 0.3) is 0 Å². The molecule has 0 saturated heterocycles. The molecule has 0 heterocycles. The second kappa shape index (κ2) is 9.48. The summed E-state index contributed by atoms with van der Waals surface area (Å²) in [6.07, 6.45) is 0.428. The number of carbonyl (C=O) groups excluding carboxylic acids is 1. The Morgan fingerprint density at radius 2 is 1.65 bits per heavy atom. The van der Waals surface area contributed by atoms with E-state index in [0.29, 0.717) is 26.1 Å². The molecule has 0 saturated carbocycles. The Morgan fingerprint density at radius 1 is 0.957 bits per heavy atom. The topological polar surface area (TPSA) is 59.6 Å². The molecule has 1 amide bonds. The van der Waals surface area contributed by atoms with Crippen LogP contribution in [0.15, 0.2) is 54.6 Å². The van der Waals surface area contributed by atoms with Gasteiger partial charge < -0.3 is 20.1 Å². The monoisotopic (exact) mass is 314 g/mol. The van der Waals surface area contributed by atoms with Crippen molar-refractivity contribution in [2.75, 3.05) is 32.1 Å². The second-order valence-corrected chi connectivity index (χ2v) is 4.94. The van der Waals surface area contributed by atoms with Gasteiger partial charge in [0.25, 0.3) is 0 Å². The van der Waals surface area contributed by atoms with Crippen LogP contribution in [0.5, 0.6) is 11.5 Å². The van der Waals surface area contributed by atoms with E-state index >= 15 is 0 Å². The highest BCUT2D eigenvalue weighted by molar-refractivity contribution is 5.90. The van der Waals surface area contributed by atoms with Crippen LogP contribution in [0.2, 0.25) is 0 Å². The lowest BCUT2D eigenvalue weighted by Gasteiger charge is -2.08. The largest absolute Gasteiger partial charge is 0.497 e. The molecule has 0 aliphatic rings. The fourth-order valence-electron chi connectivity index (χ4n) is 1.98. The first-order valence-electron chi connectivity index (χ1n) is 7.60. The van der Waals surface area contributed by atoms with E-state index in [2.05, 4.69) is 10.6 Å². The van der Waals surface area contributed by atoms with Crippen molar-refractivity contribution in [3.63, 3.8) is 0 Å². The van der Waals surface area contributed by atoms with Gasteiger partial charge >= 0.3 is 0 Å². The molecule has 0 aliphatic heterocycles. The summed E-state index contributed by atoms with van der Waals surface area (Å²) in [6, 6.07) is 16.9. The average Bonchev–Trinajstić information content (AvgIpc) is 2.59. The predicted octanol–water partition coefficient (Wildman–Crippen LogP) is 2.69. The minimum absolute atomic E-state index is 0.000210. The predicted molar refractivity (Wildman–Crippen MR) is 91.0 cm³/mol. The summed E-state index contributed by atoms with van der Waals surface area (Å²) in [7, 11) is 1.63. The Bertz CT molecular complexity index is 585. The van der Waals surface area contributed by atoms with Crippen molar-refractivity contribution in [3.05, 3.63) is 54.6 Å². The Labute approximate surface area is 136 Å². The van der Waals surface area contributed by atoms with Crippen LogP contribution in [0.1, 0.15) is 6.42 Å². The fraction of sp³-hybridized carbons (Fsp3) is 0.278. The van der Waals surface area contributed by atoms with Crippen molar-refractivity contribution >= 4 is 11.6 Å². The van der Waals surface area contributed by atoms with Gasteiger partial charge in [0.05, 0.1) is 7.11 Å². The molecular weight excluding hydrogens is 292 g/mol. The van der Waals surface area contributed by atoms with Gasteiger partial charge in [-0.3, -0.25) is 4.79 Å². The first kappa shape index (κ1) is 16.8. The zero-order chi connectivity index (χ0) is 16.3. The SMILES string of the molecule is COc1ccc(OCCNCCC(=O)Nc2ccccc2)cc1. The quantitative estimate of drug-likeness (QED) is 0.699. The van der Waals surface area contributed by atoms with Crippen LogP contribution in [0.3, 0.4) is 0 Å². The number of ether oxygens (including phenoxy) is 2. The lowest BCUT2D eigenvalue weighted by Crippen LogP contribution is -2.25. The first-order valence-corrected chi connectivity index (χ1v) is 7.60. The number of para-hydroxylation sites is 1. The highest BCUT2D eigenvalue weighted by Crippen LogP contribution is 2.16. The zero-order valence-electron chi connectivity index (χ0n) is 13.2. The van der Waals surface area contributed by atoms with Gasteiger partial charge in [-0.15, -0.1) is 0 Å². The molecular formula is C18H22N2O3. The van der Waals surface area contributed by atoms with E-state index in [9.17, 15) is 4.79 Å². The number of benzene rings is 2. The minimum Gasteiger partial charge on any atom is -0.497 e. The molecule has 0 atom stereocenters. The first-order chi connectivity index (χ1) is 11.3. The summed E-state index contributed by atoms with van der Waals surface area (Å²) < 4.78 is 10.7. The number of nitrogens with one attached hydrogen (secondary N) is 2. The Balaban J connectivity index is 1.54. The molecule has 122 valence electrons. The molecule has 0 aromatic heterocycles. The maximum Gasteiger partial charge on any atom is 0.225 e. The van der Waals surface area contributed by atoms with Crippen LogP contribution in [0.4, 0.5) is 5.69 Å². The zero-order valence-corrected chi connectivity index (χ0v) is 13.2. The van der Waals surface area contributed by atoms with E-state index in [4.69, 9.17) is 9.47 Å². The molecule has 5 nitrogen and oxygen atoms in total. The van der Waals surface area contributed by atoms with Crippen LogP contribution in [-0.4, -0.2) is 32.7 Å². The number of hydrogen-bond donors (Lipinski definition) is 2. The maximum atomic E-state index is 11.7. The van der Waals surface area contributed by atoms with Gasteiger partial charge in [-0.2, -0.15) is 0 Å². The Kier molecular flexibility index (Phi) is 6.94. The van der Waals surface area contributed by atoms with Crippen molar-refractivity contribution in [1.82, 2.24) is 5.32 Å². The number of carbonyl (C=O) groups is 1. The molecule has 23 heavy (non-hydrogen) atoms. The summed E-state index contributed by atoms with van der Waals surface area (Å²) >= 11 is 0. The van der Waals surface area contributed by atoms with Crippen molar-refractivity contribution < 1.29 is 14.3 Å². The third kappa shape index (κ3) is 6.40. The van der Waals surface area contributed by atoms with Gasteiger partial charge in [-0.1, -0.05) is 18.2 Å². The van der Waals surface area contributed by atoms with Crippen molar-refractivity contribution in [3.8, 4) is 11.5 Å². The van der Waals surface area contributed by atoms with E-state index in [-0.39, 0.29) is 5.91 Å². The molecule has 5 heteroatoms. The number of rotatable bonds is 9. The van der Waals surface area contributed by atoms with Crippen LogP contribution >= 0.6 is 0 Å². The van der Waals surface area contributed by atoms with Gasteiger partial charge in [-0.25, -0.2) is 0 Å². The summed E-state index contributed by atoms with van der Waals surface area (Å²) in [5.41, 5.74) is 0.820. The van der Waals surface area contributed by atoms with Crippen molar-refractivity contribution in [2.45, 2.75) is 6.42 Å². The fourth-order valence-corrected chi connectivity index (χ4v) is 1.98. The van der Waals surface area contributed by atoms with E-state index in [1.807, 2.05) is 54.6 Å². The normalized spacial score (nSPS) is 10.1.